The Hall–Kier alpha value is -2.31. The number of ether oxygens (including phenoxy) is 1. The number of aromatic nitrogens is 1. The number of likely N-dealkylation sites (tertiary alicyclic amines) is 1. The SMILES string of the molecule is CCNC(=NCc1ccc(OC2CCCCC2)nc1)N1CCC(CC(=O)NC)CC1. The number of rotatable bonds is 7. The molecule has 0 unspecified atom stereocenters. The predicted octanol–water partition coefficient (Wildman–Crippen LogP) is 3.11. The van der Waals surface area contributed by atoms with Crippen molar-refractivity contribution in [1.29, 1.82) is 0 Å². The van der Waals surface area contributed by atoms with E-state index in [-0.39, 0.29) is 5.91 Å². The van der Waals surface area contributed by atoms with Gasteiger partial charge in [-0.05, 0) is 56.9 Å². The third-order valence-corrected chi connectivity index (χ3v) is 6.05. The number of hydrogen-bond donors (Lipinski definition) is 2. The first kappa shape index (κ1) is 22.4. The van der Waals surface area contributed by atoms with Crippen LogP contribution in [0.3, 0.4) is 0 Å². The Morgan fingerprint density at radius 3 is 2.60 bits per heavy atom. The van der Waals surface area contributed by atoms with Gasteiger partial charge in [-0.1, -0.05) is 12.5 Å². The van der Waals surface area contributed by atoms with Crippen LogP contribution in [0, 0.1) is 5.92 Å². The number of nitrogens with one attached hydrogen (secondary N) is 2. The van der Waals surface area contributed by atoms with Gasteiger partial charge in [0.05, 0.1) is 6.54 Å². The molecule has 1 amide bonds. The smallest absolute Gasteiger partial charge is 0.220 e. The standard InChI is InChI=1S/C23H37N5O2/c1-3-25-23(28-13-11-18(12-14-28)15-21(29)24-2)27-17-19-9-10-22(26-16-19)30-20-7-5-4-6-8-20/h9-10,16,18,20H,3-8,11-15,17H2,1-2H3,(H,24,29)(H,25,27). The summed E-state index contributed by atoms with van der Waals surface area (Å²) < 4.78 is 6.02. The summed E-state index contributed by atoms with van der Waals surface area (Å²) in [6.45, 7) is 5.38. The number of carbonyl (C=O) groups is 1. The Morgan fingerprint density at radius 1 is 1.20 bits per heavy atom. The summed E-state index contributed by atoms with van der Waals surface area (Å²) in [7, 11) is 1.71. The molecule has 2 aliphatic rings. The number of carbonyl (C=O) groups excluding carboxylic acids is 1. The highest BCUT2D eigenvalue weighted by Crippen LogP contribution is 2.23. The van der Waals surface area contributed by atoms with E-state index >= 15 is 0 Å². The van der Waals surface area contributed by atoms with E-state index in [1.54, 1.807) is 7.05 Å². The minimum absolute atomic E-state index is 0.137. The summed E-state index contributed by atoms with van der Waals surface area (Å²) in [5.41, 5.74) is 1.08. The molecule has 7 heteroatoms. The number of guanidine groups is 1. The molecule has 0 radical (unpaired) electrons. The van der Waals surface area contributed by atoms with Crippen LogP contribution in [-0.2, 0) is 11.3 Å². The van der Waals surface area contributed by atoms with Gasteiger partial charge in [-0.15, -0.1) is 0 Å². The maximum atomic E-state index is 11.6. The van der Waals surface area contributed by atoms with E-state index in [1.807, 2.05) is 12.3 Å². The molecular formula is C23H37N5O2. The minimum Gasteiger partial charge on any atom is -0.474 e. The van der Waals surface area contributed by atoms with Crippen molar-refractivity contribution in [2.45, 2.75) is 70.9 Å². The molecule has 0 aromatic carbocycles. The van der Waals surface area contributed by atoms with Crippen molar-refractivity contribution in [3.05, 3.63) is 23.9 Å². The molecule has 1 aliphatic carbocycles. The summed E-state index contributed by atoms with van der Waals surface area (Å²) >= 11 is 0. The van der Waals surface area contributed by atoms with Crippen molar-refractivity contribution in [3.8, 4) is 5.88 Å². The van der Waals surface area contributed by atoms with Gasteiger partial charge < -0.3 is 20.3 Å². The van der Waals surface area contributed by atoms with E-state index in [9.17, 15) is 4.79 Å². The van der Waals surface area contributed by atoms with Crippen LogP contribution < -0.4 is 15.4 Å². The fraction of sp³-hybridized carbons (Fsp3) is 0.696. The second kappa shape index (κ2) is 11.8. The van der Waals surface area contributed by atoms with Crippen molar-refractivity contribution < 1.29 is 9.53 Å². The number of pyridine rings is 1. The zero-order valence-electron chi connectivity index (χ0n) is 18.5. The lowest BCUT2D eigenvalue weighted by Gasteiger charge is -2.34. The van der Waals surface area contributed by atoms with E-state index in [0.717, 1.165) is 62.7 Å². The fourth-order valence-electron chi connectivity index (χ4n) is 4.23. The van der Waals surface area contributed by atoms with E-state index in [4.69, 9.17) is 9.73 Å². The molecule has 7 nitrogen and oxygen atoms in total. The Morgan fingerprint density at radius 2 is 1.97 bits per heavy atom. The van der Waals surface area contributed by atoms with Gasteiger partial charge >= 0.3 is 0 Å². The van der Waals surface area contributed by atoms with Gasteiger partial charge in [0.15, 0.2) is 5.96 Å². The lowest BCUT2D eigenvalue weighted by Crippen LogP contribution is -2.46. The van der Waals surface area contributed by atoms with E-state index in [1.165, 1.54) is 19.3 Å². The second-order valence-corrected chi connectivity index (χ2v) is 8.36. The van der Waals surface area contributed by atoms with Crippen LogP contribution in [0.1, 0.15) is 63.9 Å². The predicted molar refractivity (Wildman–Crippen MR) is 120 cm³/mol. The molecule has 30 heavy (non-hydrogen) atoms. The number of piperidine rings is 1. The molecule has 0 atom stereocenters. The maximum Gasteiger partial charge on any atom is 0.220 e. The molecule has 2 N–H and O–H groups in total. The van der Waals surface area contributed by atoms with Crippen LogP contribution in [0.15, 0.2) is 23.3 Å². The highest BCUT2D eigenvalue weighted by atomic mass is 16.5. The fourth-order valence-corrected chi connectivity index (χ4v) is 4.23. The first-order valence-corrected chi connectivity index (χ1v) is 11.5. The van der Waals surface area contributed by atoms with Crippen LogP contribution in [-0.4, -0.2) is 54.5 Å². The molecule has 166 valence electrons. The van der Waals surface area contributed by atoms with Crippen molar-refractivity contribution in [3.63, 3.8) is 0 Å². The van der Waals surface area contributed by atoms with Crippen LogP contribution in [0.5, 0.6) is 5.88 Å². The lowest BCUT2D eigenvalue weighted by molar-refractivity contribution is -0.121. The Kier molecular flexibility index (Phi) is 8.78. The monoisotopic (exact) mass is 415 g/mol. The van der Waals surface area contributed by atoms with Gasteiger partial charge in [0.25, 0.3) is 0 Å². The van der Waals surface area contributed by atoms with E-state index < -0.39 is 0 Å². The van der Waals surface area contributed by atoms with Crippen LogP contribution >= 0.6 is 0 Å². The normalized spacial score (nSPS) is 18.9. The largest absolute Gasteiger partial charge is 0.474 e. The number of aliphatic imine (C=N–C) groups is 1. The maximum absolute atomic E-state index is 11.6. The Labute approximate surface area is 180 Å². The summed E-state index contributed by atoms with van der Waals surface area (Å²) in [4.78, 5) is 23.2. The molecule has 1 saturated heterocycles. The zero-order chi connectivity index (χ0) is 21.2. The van der Waals surface area contributed by atoms with Gasteiger partial charge in [0, 0.05) is 45.4 Å². The molecule has 1 aromatic rings. The first-order chi connectivity index (χ1) is 14.7. The zero-order valence-corrected chi connectivity index (χ0v) is 18.5. The van der Waals surface area contributed by atoms with Crippen LogP contribution in [0.2, 0.25) is 0 Å². The molecule has 1 saturated carbocycles. The van der Waals surface area contributed by atoms with E-state index in [0.29, 0.717) is 25.0 Å². The average Bonchev–Trinajstić information content (AvgIpc) is 2.79. The van der Waals surface area contributed by atoms with Gasteiger partial charge in [-0.3, -0.25) is 4.79 Å². The van der Waals surface area contributed by atoms with Gasteiger partial charge in [-0.2, -0.15) is 0 Å². The third kappa shape index (κ3) is 6.89. The lowest BCUT2D eigenvalue weighted by atomic mass is 9.93. The molecule has 3 rings (SSSR count). The topological polar surface area (TPSA) is 78.9 Å². The highest BCUT2D eigenvalue weighted by molar-refractivity contribution is 5.80. The quantitative estimate of drug-likeness (QED) is 0.528. The Balaban J connectivity index is 1.51. The first-order valence-electron chi connectivity index (χ1n) is 11.5. The summed E-state index contributed by atoms with van der Waals surface area (Å²) in [5.74, 6) is 2.26. The van der Waals surface area contributed by atoms with Gasteiger partial charge in [0.2, 0.25) is 11.8 Å². The molecule has 1 aromatic heterocycles. The number of nitrogens with zero attached hydrogens (tertiary/aromatic N) is 3. The van der Waals surface area contributed by atoms with E-state index in [2.05, 4.69) is 33.5 Å². The molecule has 0 bridgehead atoms. The minimum atomic E-state index is 0.137. The van der Waals surface area contributed by atoms with Gasteiger partial charge in [-0.25, -0.2) is 9.98 Å². The highest BCUT2D eigenvalue weighted by Gasteiger charge is 2.23. The van der Waals surface area contributed by atoms with Crippen LogP contribution in [0.25, 0.3) is 0 Å². The van der Waals surface area contributed by atoms with Crippen molar-refractivity contribution in [2.24, 2.45) is 10.9 Å². The molecule has 2 fully saturated rings. The molecule has 1 aliphatic heterocycles. The van der Waals surface area contributed by atoms with Crippen LogP contribution in [0.4, 0.5) is 0 Å². The Bertz CT molecular complexity index is 677. The van der Waals surface area contributed by atoms with Crippen molar-refractivity contribution in [2.75, 3.05) is 26.7 Å². The summed E-state index contributed by atoms with van der Waals surface area (Å²) in [6, 6.07) is 4.03. The third-order valence-electron chi connectivity index (χ3n) is 6.05. The summed E-state index contributed by atoms with van der Waals surface area (Å²) in [5, 5.41) is 6.13. The molecule has 0 spiro atoms. The van der Waals surface area contributed by atoms with Crippen molar-refractivity contribution >= 4 is 11.9 Å². The molecule has 2 heterocycles. The van der Waals surface area contributed by atoms with Gasteiger partial charge in [0.1, 0.15) is 6.10 Å². The average molecular weight is 416 g/mol. The number of hydrogen-bond acceptors (Lipinski definition) is 4. The van der Waals surface area contributed by atoms with Crippen molar-refractivity contribution in [1.82, 2.24) is 20.5 Å². The number of amides is 1. The summed E-state index contributed by atoms with van der Waals surface area (Å²) in [6.07, 6.45) is 11.0. The molecular weight excluding hydrogens is 378 g/mol. The second-order valence-electron chi connectivity index (χ2n) is 8.36.